The number of para-hydroxylation sites is 3. The molecule has 0 aliphatic heterocycles. The van der Waals surface area contributed by atoms with Crippen LogP contribution in [0.25, 0.3) is 78.0 Å². The Morgan fingerprint density at radius 1 is 0.417 bits per heavy atom. The minimum atomic E-state index is 0.599. The van der Waals surface area contributed by atoms with Crippen LogP contribution in [0.3, 0.4) is 0 Å². The molecule has 3 aromatic heterocycles. The number of aryl methyl sites for hydroxylation is 2. The van der Waals surface area contributed by atoms with E-state index in [1.54, 1.807) is 0 Å². The fourth-order valence-corrected chi connectivity index (χ4v) is 7.00. The van der Waals surface area contributed by atoms with Gasteiger partial charge in [-0.2, -0.15) is 9.97 Å². The number of hydrogen-bond acceptors (Lipinski definition) is 3. The van der Waals surface area contributed by atoms with Crippen LogP contribution < -0.4 is 0 Å². The summed E-state index contributed by atoms with van der Waals surface area (Å²) in [6.45, 7) is 4.34. The van der Waals surface area contributed by atoms with Crippen LogP contribution in [0.2, 0.25) is 0 Å². The Morgan fingerprint density at radius 3 is 1.44 bits per heavy atom. The minimum absolute atomic E-state index is 0.599. The van der Waals surface area contributed by atoms with E-state index >= 15 is 0 Å². The molecule has 0 saturated heterocycles. The Balaban J connectivity index is 1.37. The number of rotatable bonds is 6. The van der Waals surface area contributed by atoms with Crippen LogP contribution in [0.4, 0.5) is 0 Å². The second-order valence-electron chi connectivity index (χ2n) is 12.3. The summed E-state index contributed by atoms with van der Waals surface area (Å²) in [5.74, 6) is 1.91. The van der Waals surface area contributed by atoms with E-state index in [0.717, 1.165) is 57.0 Å². The SMILES string of the molecule is CCc1ccc(-c2nc(-c3ccc(CC)cc3)nc(-n3c4ccccc4c4cc5c6ccccc6n(-c6ccccc6)c5cc43)n2)cc1. The summed E-state index contributed by atoms with van der Waals surface area (Å²) in [6, 6.07) is 49.6. The third-order valence-electron chi connectivity index (χ3n) is 9.54. The molecular weight excluding hydrogens is 587 g/mol. The molecule has 0 spiro atoms. The van der Waals surface area contributed by atoms with Gasteiger partial charge >= 0.3 is 0 Å². The summed E-state index contributed by atoms with van der Waals surface area (Å²) < 4.78 is 4.58. The molecule has 230 valence electrons. The molecule has 0 N–H and O–H groups in total. The second-order valence-corrected chi connectivity index (χ2v) is 12.3. The highest BCUT2D eigenvalue weighted by Crippen LogP contribution is 2.39. The quantitative estimate of drug-likeness (QED) is 0.186. The van der Waals surface area contributed by atoms with E-state index in [-0.39, 0.29) is 0 Å². The number of aromatic nitrogens is 5. The zero-order valence-electron chi connectivity index (χ0n) is 26.9. The molecule has 6 aromatic carbocycles. The molecule has 5 nitrogen and oxygen atoms in total. The van der Waals surface area contributed by atoms with Gasteiger partial charge in [0.2, 0.25) is 5.95 Å². The largest absolute Gasteiger partial charge is 0.309 e. The predicted molar refractivity (Wildman–Crippen MR) is 198 cm³/mol. The highest BCUT2D eigenvalue weighted by atomic mass is 15.2. The lowest BCUT2D eigenvalue weighted by Gasteiger charge is -2.12. The molecule has 9 rings (SSSR count). The Bertz CT molecular complexity index is 2550. The summed E-state index contributed by atoms with van der Waals surface area (Å²) in [7, 11) is 0. The van der Waals surface area contributed by atoms with Crippen molar-refractivity contribution in [3.8, 4) is 34.4 Å². The highest BCUT2D eigenvalue weighted by Gasteiger charge is 2.21. The molecule has 0 atom stereocenters. The molecule has 0 bridgehead atoms. The molecule has 0 amide bonds. The van der Waals surface area contributed by atoms with Gasteiger partial charge in [-0.25, -0.2) is 4.98 Å². The molecule has 0 fully saturated rings. The van der Waals surface area contributed by atoms with E-state index < -0.39 is 0 Å². The van der Waals surface area contributed by atoms with Gasteiger partial charge in [-0.15, -0.1) is 0 Å². The maximum absolute atomic E-state index is 5.20. The first kappa shape index (κ1) is 28.2. The maximum atomic E-state index is 5.20. The van der Waals surface area contributed by atoms with E-state index in [1.165, 1.54) is 27.4 Å². The Kier molecular flexibility index (Phi) is 6.64. The molecule has 48 heavy (non-hydrogen) atoms. The van der Waals surface area contributed by atoms with E-state index in [9.17, 15) is 0 Å². The van der Waals surface area contributed by atoms with Gasteiger partial charge in [0.05, 0.1) is 22.1 Å². The van der Waals surface area contributed by atoms with Crippen molar-refractivity contribution in [3.05, 3.63) is 151 Å². The lowest BCUT2D eigenvalue weighted by Crippen LogP contribution is -2.06. The molecular formula is C43H33N5. The number of hydrogen-bond donors (Lipinski definition) is 0. The van der Waals surface area contributed by atoms with Crippen molar-refractivity contribution >= 4 is 43.6 Å². The number of benzene rings is 6. The Morgan fingerprint density at radius 2 is 0.896 bits per heavy atom. The maximum Gasteiger partial charge on any atom is 0.238 e. The molecule has 0 aliphatic carbocycles. The van der Waals surface area contributed by atoms with Crippen LogP contribution in [0, 0.1) is 0 Å². The summed E-state index contributed by atoms with van der Waals surface area (Å²) in [4.78, 5) is 15.4. The van der Waals surface area contributed by atoms with E-state index in [0.29, 0.717) is 17.6 Å². The summed E-state index contributed by atoms with van der Waals surface area (Å²) in [6.07, 6.45) is 1.96. The monoisotopic (exact) mass is 619 g/mol. The van der Waals surface area contributed by atoms with Gasteiger partial charge in [0.15, 0.2) is 11.6 Å². The Hall–Kier alpha value is -6.07. The lowest BCUT2D eigenvalue weighted by molar-refractivity contribution is 0.953. The van der Waals surface area contributed by atoms with Crippen LogP contribution in [-0.4, -0.2) is 24.1 Å². The van der Waals surface area contributed by atoms with E-state index in [2.05, 4.69) is 163 Å². The zero-order chi connectivity index (χ0) is 32.2. The van der Waals surface area contributed by atoms with E-state index in [4.69, 9.17) is 15.0 Å². The van der Waals surface area contributed by atoms with E-state index in [1.807, 2.05) is 0 Å². The van der Waals surface area contributed by atoms with Crippen molar-refractivity contribution in [3.63, 3.8) is 0 Å². The van der Waals surface area contributed by atoms with Crippen molar-refractivity contribution < 1.29 is 0 Å². The van der Waals surface area contributed by atoms with Crippen LogP contribution in [0.15, 0.2) is 140 Å². The van der Waals surface area contributed by atoms with Crippen molar-refractivity contribution in [1.29, 1.82) is 0 Å². The molecule has 0 aliphatic rings. The van der Waals surface area contributed by atoms with Crippen molar-refractivity contribution in [2.45, 2.75) is 26.7 Å². The summed E-state index contributed by atoms with van der Waals surface area (Å²) in [5, 5.41) is 4.77. The first-order chi connectivity index (χ1) is 23.7. The summed E-state index contributed by atoms with van der Waals surface area (Å²) >= 11 is 0. The third kappa shape index (κ3) is 4.50. The third-order valence-corrected chi connectivity index (χ3v) is 9.54. The van der Waals surface area contributed by atoms with Gasteiger partial charge in [-0.05, 0) is 60.4 Å². The fourth-order valence-electron chi connectivity index (χ4n) is 7.00. The predicted octanol–water partition coefficient (Wildman–Crippen LogP) is 10.5. The first-order valence-corrected chi connectivity index (χ1v) is 16.7. The molecule has 0 unspecified atom stereocenters. The van der Waals surface area contributed by atoms with Crippen LogP contribution in [-0.2, 0) is 12.8 Å². The zero-order valence-corrected chi connectivity index (χ0v) is 26.9. The van der Waals surface area contributed by atoms with Gasteiger partial charge in [0, 0.05) is 38.4 Å². The van der Waals surface area contributed by atoms with Gasteiger partial charge < -0.3 is 4.57 Å². The average Bonchev–Trinajstić information content (AvgIpc) is 3.66. The van der Waals surface area contributed by atoms with Gasteiger partial charge in [-0.3, -0.25) is 4.57 Å². The number of fused-ring (bicyclic) bond motifs is 6. The Labute approximate surface area is 278 Å². The normalized spacial score (nSPS) is 11.7. The lowest BCUT2D eigenvalue weighted by atomic mass is 10.1. The molecule has 0 saturated carbocycles. The van der Waals surface area contributed by atoms with Gasteiger partial charge in [-0.1, -0.05) is 117 Å². The van der Waals surface area contributed by atoms with Gasteiger partial charge in [0.1, 0.15) is 0 Å². The molecule has 9 aromatic rings. The number of nitrogens with zero attached hydrogens (tertiary/aromatic N) is 5. The average molecular weight is 620 g/mol. The van der Waals surface area contributed by atoms with Crippen LogP contribution in [0.5, 0.6) is 0 Å². The van der Waals surface area contributed by atoms with Crippen LogP contribution >= 0.6 is 0 Å². The topological polar surface area (TPSA) is 48.5 Å². The van der Waals surface area contributed by atoms with Crippen LogP contribution in [0.1, 0.15) is 25.0 Å². The second kappa shape index (κ2) is 11.3. The van der Waals surface area contributed by atoms with Crippen molar-refractivity contribution in [2.24, 2.45) is 0 Å². The molecule has 5 heteroatoms. The van der Waals surface area contributed by atoms with Gasteiger partial charge in [0.25, 0.3) is 0 Å². The molecule has 0 radical (unpaired) electrons. The first-order valence-electron chi connectivity index (χ1n) is 16.7. The van der Waals surface area contributed by atoms with Crippen molar-refractivity contribution in [2.75, 3.05) is 0 Å². The smallest absolute Gasteiger partial charge is 0.238 e. The standard InChI is InChI=1S/C43H33N5/c1-3-28-18-22-30(23-19-28)41-44-42(31-24-20-29(4-2)21-25-31)46-43(45-41)48-38-17-11-9-15-34(38)36-26-35-33-14-8-10-16-37(33)47(39(35)27-40(36)48)32-12-6-5-7-13-32/h5-27H,3-4H2,1-2H3. The minimum Gasteiger partial charge on any atom is -0.309 e. The fraction of sp³-hybridized carbons (Fsp3) is 0.0930. The molecule has 3 heterocycles. The highest BCUT2D eigenvalue weighted by molar-refractivity contribution is 6.19. The van der Waals surface area contributed by atoms with Crippen molar-refractivity contribution in [1.82, 2.24) is 24.1 Å². The summed E-state index contributed by atoms with van der Waals surface area (Å²) in [5.41, 5.74) is 10.0.